The third-order valence-electron chi connectivity index (χ3n) is 5.27. The van der Waals surface area contributed by atoms with Gasteiger partial charge in [0.1, 0.15) is 5.37 Å². The highest BCUT2D eigenvalue weighted by Gasteiger charge is 2.34. The summed E-state index contributed by atoms with van der Waals surface area (Å²) in [6, 6.07) is 18.9. The molecule has 7 nitrogen and oxygen atoms in total. The van der Waals surface area contributed by atoms with Crippen LogP contribution in [0.5, 0.6) is 0 Å². The molecule has 2 amide bonds. The van der Waals surface area contributed by atoms with Crippen LogP contribution in [0.3, 0.4) is 0 Å². The number of anilines is 2. The standard InChI is InChI=1S/C24H21N3O4S/c1-15-3-12-21(16(2)13-15)26-22(28)14-32-24(26)18-4-8-19(9-5-18)25-23(29)17-6-10-20(11-7-17)27(30)31/h3-13,24H,14H2,1-2H3,(H,25,29). The Bertz CT molecular complexity index is 1190. The first-order valence-corrected chi connectivity index (χ1v) is 11.0. The minimum atomic E-state index is -0.506. The molecule has 1 aliphatic rings. The van der Waals surface area contributed by atoms with Crippen LogP contribution in [0.2, 0.25) is 0 Å². The molecule has 3 aromatic rings. The summed E-state index contributed by atoms with van der Waals surface area (Å²) in [5, 5.41) is 13.4. The molecule has 4 rings (SSSR count). The third-order valence-corrected chi connectivity index (χ3v) is 6.49. The van der Waals surface area contributed by atoms with Crippen molar-refractivity contribution >= 4 is 40.6 Å². The molecule has 32 heavy (non-hydrogen) atoms. The van der Waals surface area contributed by atoms with Gasteiger partial charge in [0.05, 0.1) is 10.7 Å². The Morgan fingerprint density at radius 3 is 2.38 bits per heavy atom. The van der Waals surface area contributed by atoms with Gasteiger partial charge in [-0.2, -0.15) is 0 Å². The summed E-state index contributed by atoms with van der Waals surface area (Å²) in [6.45, 7) is 4.03. The van der Waals surface area contributed by atoms with E-state index in [0.717, 1.165) is 22.4 Å². The number of rotatable bonds is 5. The van der Waals surface area contributed by atoms with Gasteiger partial charge in [-0.3, -0.25) is 24.6 Å². The summed E-state index contributed by atoms with van der Waals surface area (Å²) in [6.07, 6.45) is 0. The number of nitrogens with zero attached hydrogens (tertiary/aromatic N) is 2. The second-order valence-corrected chi connectivity index (χ2v) is 8.67. The van der Waals surface area contributed by atoms with Crippen molar-refractivity contribution in [3.8, 4) is 0 Å². The quantitative estimate of drug-likeness (QED) is 0.426. The van der Waals surface area contributed by atoms with E-state index in [1.807, 2.05) is 43.0 Å². The van der Waals surface area contributed by atoms with Crippen molar-refractivity contribution in [3.63, 3.8) is 0 Å². The van der Waals surface area contributed by atoms with E-state index in [4.69, 9.17) is 0 Å². The Kier molecular flexibility index (Phi) is 5.96. The van der Waals surface area contributed by atoms with Gasteiger partial charge in [-0.05, 0) is 55.3 Å². The number of non-ortho nitro benzene ring substituents is 1. The maximum atomic E-state index is 12.6. The zero-order valence-electron chi connectivity index (χ0n) is 17.6. The van der Waals surface area contributed by atoms with Crippen molar-refractivity contribution in [3.05, 3.63) is 99.1 Å². The smallest absolute Gasteiger partial charge is 0.269 e. The Balaban J connectivity index is 1.50. The fourth-order valence-electron chi connectivity index (χ4n) is 3.68. The van der Waals surface area contributed by atoms with Crippen LogP contribution in [0.15, 0.2) is 66.7 Å². The van der Waals surface area contributed by atoms with Gasteiger partial charge < -0.3 is 5.32 Å². The van der Waals surface area contributed by atoms with E-state index in [-0.39, 0.29) is 22.9 Å². The van der Waals surface area contributed by atoms with Crippen LogP contribution in [0.25, 0.3) is 0 Å². The molecule has 1 N–H and O–H groups in total. The molecule has 0 aliphatic carbocycles. The van der Waals surface area contributed by atoms with E-state index in [2.05, 4.69) is 11.4 Å². The summed E-state index contributed by atoms with van der Waals surface area (Å²) >= 11 is 1.57. The van der Waals surface area contributed by atoms with Gasteiger partial charge in [0.15, 0.2) is 0 Å². The topological polar surface area (TPSA) is 92.6 Å². The molecular weight excluding hydrogens is 426 g/mol. The lowest BCUT2D eigenvalue weighted by molar-refractivity contribution is -0.384. The number of hydrogen-bond acceptors (Lipinski definition) is 5. The molecule has 1 atom stereocenters. The van der Waals surface area contributed by atoms with Crippen molar-refractivity contribution in [1.29, 1.82) is 0 Å². The normalized spacial score (nSPS) is 15.6. The van der Waals surface area contributed by atoms with Gasteiger partial charge in [0.2, 0.25) is 5.91 Å². The van der Waals surface area contributed by atoms with Gasteiger partial charge >= 0.3 is 0 Å². The highest BCUT2D eigenvalue weighted by Crippen LogP contribution is 2.43. The lowest BCUT2D eigenvalue weighted by Crippen LogP contribution is -2.28. The molecule has 0 bridgehead atoms. The largest absolute Gasteiger partial charge is 0.322 e. The summed E-state index contributed by atoms with van der Waals surface area (Å²) in [5.74, 6) is 0.133. The molecule has 0 saturated carbocycles. The second-order valence-electron chi connectivity index (χ2n) is 7.60. The number of nitrogens with one attached hydrogen (secondary N) is 1. The van der Waals surface area contributed by atoms with Gasteiger partial charge in [-0.15, -0.1) is 11.8 Å². The van der Waals surface area contributed by atoms with Crippen LogP contribution in [0.1, 0.15) is 32.4 Å². The van der Waals surface area contributed by atoms with Crippen molar-refractivity contribution in [2.75, 3.05) is 16.0 Å². The van der Waals surface area contributed by atoms with E-state index in [1.54, 1.807) is 23.9 Å². The van der Waals surface area contributed by atoms with E-state index in [0.29, 0.717) is 17.0 Å². The van der Waals surface area contributed by atoms with Crippen LogP contribution in [-0.2, 0) is 4.79 Å². The minimum absolute atomic E-state index is 0.0668. The summed E-state index contributed by atoms with van der Waals surface area (Å²) in [5.41, 5.74) is 4.94. The fraction of sp³-hybridized carbons (Fsp3) is 0.167. The Hall–Kier alpha value is -3.65. The van der Waals surface area contributed by atoms with Crippen molar-refractivity contribution < 1.29 is 14.5 Å². The number of benzene rings is 3. The first-order chi connectivity index (χ1) is 15.3. The average Bonchev–Trinajstić information content (AvgIpc) is 3.15. The number of carbonyl (C=O) groups excluding carboxylic acids is 2. The Morgan fingerprint density at radius 1 is 1.06 bits per heavy atom. The predicted octanol–water partition coefficient (Wildman–Crippen LogP) is 5.24. The number of nitro groups is 1. The van der Waals surface area contributed by atoms with Gasteiger partial charge in [-0.1, -0.05) is 29.8 Å². The van der Waals surface area contributed by atoms with Crippen LogP contribution in [0, 0.1) is 24.0 Å². The maximum Gasteiger partial charge on any atom is 0.269 e. The molecule has 0 spiro atoms. The molecule has 0 radical (unpaired) electrons. The zero-order chi connectivity index (χ0) is 22.8. The number of amides is 2. The number of hydrogen-bond donors (Lipinski definition) is 1. The van der Waals surface area contributed by atoms with Crippen LogP contribution >= 0.6 is 11.8 Å². The molecule has 1 fully saturated rings. The molecule has 1 unspecified atom stereocenters. The van der Waals surface area contributed by atoms with Gasteiger partial charge in [0.25, 0.3) is 11.6 Å². The average molecular weight is 448 g/mol. The van der Waals surface area contributed by atoms with Crippen molar-refractivity contribution in [2.24, 2.45) is 0 Å². The van der Waals surface area contributed by atoms with Crippen LogP contribution in [0.4, 0.5) is 17.1 Å². The van der Waals surface area contributed by atoms with E-state index in [1.165, 1.54) is 24.3 Å². The number of nitro benzene ring substituents is 1. The first kappa shape index (κ1) is 21.6. The van der Waals surface area contributed by atoms with Crippen LogP contribution in [-0.4, -0.2) is 22.5 Å². The Labute approximate surface area is 189 Å². The predicted molar refractivity (Wildman–Crippen MR) is 126 cm³/mol. The molecule has 162 valence electrons. The van der Waals surface area contributed by atoms with Crippen molar-refractivity contribution in [2.45, 2.75) is 19.2 Å². The molecule has 1 heterocycles. The van der Waals surface area contributed by atoms with Crippen molar-refractivity contribution in [1.82, 2.24) is 0 Å². The number of aryl methyl sites for hydroxylation is 2. The zero-order valence-corrected chi connectivity index (χ0v) is 18.4. The number of thioether (sulfide) groups is 1. The lowest BCUT2D eigenvalue weighted by Gasteiger charge is -2.26. The Morgan fingerprint density at radius 2 is 1.75 bits per heavy atom. The second kappa shape index (κ2) is 8.84. The molecule has 3 aromatic carbocycles. The summed E-state index contributed by atoms with van der Waals surface area (Å²) in [4.78, 5) is 37.2. The maximum absolute atomic E-state index is 12.6. The van der Waals surface area contributed by atoms with Gasteiger partial charge in [0, 0.05) is 29.1 Å². The molecule has 1 aliphatic heterocycles. The molecule has 8 heteroatoms. The highest BCUT2D eigenvalue weighted by molar-refractivity contribution is 8.00. The van der Waals surface area contributed by atoms with E-state index < -0.39 is 4.92 Å². The van der Waals surface area contributed by atoms with E-state index in [9.17, 15) is 19.7 Å². The van der Waals surface area contributed by atoms with E-state index >= 15 is 0 Å². The highest BCUT2D eigenvalue weighted by atomic mass is 32.2. The number of carbonyl (C=O) groups is 2. The first-order valence-electron chi connectivity index (χ1n) is 10.00. The molecule has 0 aromatic heterocycles. The summed E-state index contributed by atoms with van der Waals surface area (Å²) < 4.78 is 0. The van der Waals surface area contributed by atoms with Crippen LogP contribution < -0.4 is 10.2 Å². The SMILES string of the molecule is Cc1ccc(N2C(=O)CSC2c2ccc(NC(=O)c3ccc([N+](=O)[O-])cc3)cc2)c(C)c1. The third kappa shape index (κ3) is 4.36. The fourth-order valence-corrected chi connectivity index (χ4v) is 4.84. The molecular formula is C24H21N3O4S. The molecule has 1 saturated heterocycles. The minimum Gasteiger partial charge on any atom is -0.322 e. The lowest BCUT2D eigenvalue weighted by atomic mass is 10.1. The van der Waals surface area contributed by atoms with Gasteiger partial charge in [-0.25, -0.2) is 0 Å². The summed E-state index contributed by atoms with van der Waals surface area (Å²) in [7, 11) is 0. The monoisotopic (exact) mass is 447 g/mol.